The maximum atomic E-state index is 12.2. The molecule has 0 aromatic rings. The second-order valence-electron chi connectivity index (χ2n) is 7.23. The number of hydrogen-bond donors (Lipinski definition) is 3. The highest BCUT2D eigenvalue weighted by Crippen LogP contribution is 2.18. The molecule has 0 aliphatic carbocycles. The number of carboxylic acid groups (broad SMARTS) is 1. The van der Waals surface area contributed by atoms with Gasteiger partial charge in [0.2, 0.25) is 0 Å². The van der Waals surface area contributed by atoms with Crippen LogP contribution in [0.25, 0.3) is 0 Å². The Bertz CT molecular complexity index is 361. The number of nitrogens with two attached hydrogens (primary N) is 2. The van der Waals surface area contributed by atoms with Crippen LogP contribution in [-0.4, -0.2) is 28.9 Å². The fourth-order valence-corrected chi connectivity index (χ4v) is 3.09. The molecule has 0 rings (SSSR count). The van der Waals surface area contributed by atoms with Crippen molar-refractivity contribution in [2.45, 2.75) is 109 Å². The molecule has 0 aromatic heterocycles. The fraction of sp³-hybridized carbons (Fsp3) is 0.900. The average molecular weight is 357 g/mol. The molecule has 0 heterocycles. The van der Waals surface area contributed by atoms with Crippen molar-refractivity contribution in [3.05, 3.63) is 0 Å². The van der Waals surface area contributed by atoms with Gasteiger partial charge in [-0.25, -0.2) is 4.79 Å². The number of ketones is 1. The molecule has 0 saturated carbocycles. The van der Waals surface area contributed by atoms with E-state index in [-0.39, 0.29) is 18.6 Å². The van der Waals surface area contributed by atoms with Crippen molar-refractivity contribution in [2.24, 2.45) is 11.5 Å². The summed E-state index contributed by atoms with van der Waals surface area (Å²) >= 11 is 0. The quantitative estimate of drug-likeness (QED) is 0.252. The highest BCUT2D eigenvalue weighted by atomic mass is 16.4. The van der Waals surface area contributed by atoms with Gasteiger partial charge in [-0.1, -0.05) is 71.1 Å². The molecule has 5 N–H and O–H groups in total. The number of carbonyl (C=O) groups is 2. The minimum atomic E-state index is -1.73. The van der Waals surface area contributed by atoms with Crippen molar-refractivity contribution in [2.75, 3.05) is 6.54 Å². The van der Waals surface area contributed by atoms with Crippen LogP contribution in [-0.2, 0) is 9.59 Å². The van der Waals surface area contributed by atoms with Gasteiger partial charge in [0, 0.05) is 6.42 Å². The minimum absolute atomic E-state index is 0.177. The predicted molar refractivity (Wildman–Crippen MR) is 104 cm³/mol. The number of Topliss-reactive ketones (excluding diaryl/α,β-unsaturated/α-hetero) is 1. The summed E-state index contributed by atoms with van der Waals surface area (Å²) in [6.45, 7) is 2.72. The number of rotatable bonds is 18. The van der Waals surface area contributed by atoms with Crippen molar-refractivity contribution in [1.82, 2.24) is 0 Å². The highest BCUT2D eigenvalue weighted by molar-refractivity contribution is 6.07. The Hall–Kier alpha value is -0.940. The Labute approximate surface area is 153 Å². The van der Waals surface area contributed by atoms with E-state index in [1.165, 1.54) is 51.4 Å². The molecule has 0 amide bonds. The van der Waals surface area contributed by atoms with E-state index in [1.807, 2.05) is 0 Å². The van der Waals surface area contributed by atoms with Crippen molar-refractivity contribution >= 4 is 11.8 Å². The van der Waals surface area contributed by atoms with Crippen LogP contribution in [0.2, 0.25) is 0 Å². The van der Waals surface area contributed by atoms with Crippen LogP contribution in [0, 0.1) is 0 Å². The third kappa shape index (κ3) is 11.3. The summed E-state index contributed by atoms with van der Waals surface area (Å²) in [4.78, 5) is 23.6. The van der Waals surface area contributed by atoms with Crippen molar-refractivity contribution in [3.63, 3.8) is 0 Å². The molecule has 0 bridgehead atoms. The van der Waals surface area contributed by atoms with Crippen molar-refractivity contribution < 1.29 is 14.7 Å². The van der Waals surface area contributed by atoms with Crippen molar-refractivity contribution in [3.8, 4) is 0 Å². The molecule has 25 heavy (non-hydrogen) atoms. The lowest BCUT2D eigenvalue weighted by Gasteiger charge is -2.23. The molecule has 5 nitrogen and oxygen atoms in total. The Morgan fingerprint density at radius 2 is 1.28 bits per heavy atom. The molecule has 0 aromatic carbocycles. The molecule has 1 atom stereocenters. The summed E-state index contributed by atoms with van der Waals surface area (Å²) in [6, 6.07) is 0. The van der Waals surface area contributed by atoms with E-state index < -0.39 is 11.5 Å². The topological polar surface area (TPSA) is 106 Å². The summed E-state index contributed by atoms with van der Waals surface area (Å²) in [6.07, 6.45) is 15.0. The maximum absolute atomic E-state index is 12.2. The van der Waals surface area contributed by atoms with Gasteiger partial charge in [0.05, 0.1) is 0 Å². The molecule has 148 valence electrons. The predicted octanol–water partition coefficient (Wildman–Crippen LogP) is 4.17. The smallest absolute Gasteiger partial charge is 0.331 e. The molecule has 0 aliphatic heterocycles. The molecule has 0 radical (unpaired) electrons. The second kappa shape index (κ2) is 15.3. The van der Waals surface area contributed by atoms with Gasteiger partial charge in [-0.2, -0.15) is 0 Å². The monoisotopic (exact) mass is 356 g/mol. The van der Waals surface area contributed by atoms with Crippen LogP contribution >= 0.6 is 0 Å². The van der Waals surface area contributed by atoms with Crippen molar-refractivity contribution in [1.29, 1.82) is 0 Å². The van der Waals surface area contributed by atoms with Crippen LogP contribution < -0.4 is 11.5 Å². The highest BCUT2D eigenvalue weighted by Gasteiger charge is 2.40. The summed E-state index contributed by atoms with van der Waals surface area (Å²) in [7, 11) is 0. The zero-order valence-electron chi connectivity index (χ0n) is 16.2. The normalized spacial score (nSPS) is 13.6. The van der Waals surface area contributed by atoms with Gasteiger partial charge in [0.25, 0.3) is 0 Å². The number of aliphatic carboxylic acids is 1. The summed E-state index contributed by atoms with van der Waals surface area (Å²) in [5.41, 5.74) is 9.55. The van der Waals surface area contributed by atoms with Gasteiger partial charge < -0.3 is 16.6 Å². The first-order valence-electron chi connectivity index (χ1n) is 10.2. The third-order valence-corrected chi connectivity index (χ3v) is 4.91. The Balaban J connectivity index is 3.77. The van der Waals surface area contributed by atoms with Crippen LogP contribution in [0.5, 0.6) is 0 Å². The van der Waals surface area contributed by atoms with E-state index in [4.69, 9.17) is 11.5 Å². The molecule has 0 spiro atoms. The van der Waals surface area contributed by atoms with E-state index >= 15 is 0 Å². The first-order valence-corrected chi connectivity index (χ1v) is 10.2. The summed E-state index contributed by atoms with van der Waals surface area (Å²) < 4.78 is 0. The number of carbonyl (C=O) groups excluding carboxylic acids is 1. The van der Waals surface area contributed by atoms with Gasteiger partial charge in [0.1, 0.15) is 0 Å². The number of hydrogen-bond acceptors (Lipinski definition) is 4. The molecule has 1 unspecified atom stereocenters. The lowest BCUT2D eigenvalue weighted by Crippen LogP contribution is -2.54. The average Bonchev–Trinajstić information content (AvgIpc) is 2.59. The Morgan fingerprint density at radius 3 is 1.72 bits per heavy atom. The Kier molecular flexibility index (Phi) is 14.7. The maximum Gasteiger partial charge on any atom is 0.331 e. The molecular weight excluding hydrogens is 316 g/mol. The molecular formula is C20H40N2O3. The zero-order valence-corrected chi connectivity index (χ0v) is 16.2. The summed E-state index contributed by atoms with van der Waals surface area (Å²) in [5, 5.41) is 9.30. The fourth-order valence-electron chi connectivity index (χ4n) is 3.09. The summed E-state index contributed by atoms with van der Waals surface area (Å²) in [5.74, 6) is -1.55. The lowest BCUT2D eigenvalue weighted by atomic mass is 9.86. The molecule has 0 saturated heterocycles. The van der Waals surface area contributed by atoms with Gasteiger partial charge in [-0.3, -0.25) is 4.79 Å². The van der Waals surface area contributed by atoms with E-state index in [0.29, 0.717) is 19.4 Å². The lowest BCUT2D eigenvalue weighted by molar-refractivity contribution is -0.148. The van der Waals surface area contributed by atoms with Gasteiger partial charge in [0.15, 0.2) is 11.3 Å². The second-order valence-corrected chi connectivity index (χ2v) is 7.23. The van der Waals surface area contributed by atoms with Crippen LogP contribution in [0.1, 0.15) is 103 Å². The largest absolute Gasteiger partial charge is 0.480 e. The van der Waals surface area contributed by atoms with E-state index in [1.54, 1.807) is 0 Å². The van der Waals surface area contributed by atoms with Crippen LogP contribution in [0.4, 0.5) is 0 Å². The van der Waals surface area contributed by atoms with Crippen LogP contribution in [0.15, 0.2) is 0 Å². The number of carboxylic acids is 1. The molecule has 0 aliphatic rings. The zero-order chi connectivity index (χ0) is 19.0. The van der Waals surface area contributed by atoms with E-state index in [0.717, 1.165) is 19.3 Å². The minimum Gasteiger partial charge on any atom is -0.480 e. The third-order valence-electron chi connectivity index (χ3n) is 4.91. The SMILES string of the molecule is CCCCCCCCCCCCCC(=O)C(N)(CCCCN)C(=O)O. The van der Waals surface area contributed by atoms with Gasteiger partial charge in [-0.15, -0.1) is 0 Å². The first kappa shape index (κ1) is 24.1. The number of unbranched alkanes of at least 4 members (excludes halogenated alkanes) is 11. The standard InChI is InChI=1S/C20H40N2O3/c1-2-3-4-5-6-7-8-9-10-11-12-15-18(23)20(22,19(24)25)16-13-14-17-21/h2-17,21-22H2,1H3,(H,24,25). The molecule has 5 heteroatoms. The van der Waals surface area contributed by atoms with Crippen LogP contribution in [0.3, 0.4) is 0 Å². The van der Waals surface area contributed by atoms with Gasteiger partial charge >= 0.3 is 5.97 Å². The molecule has 0 fully saturated rings. The van der Waals surface area contributed by atoms with E-state index in [9.17, 15) is 14.7 Å². The first-order chi connectivity index (χ1) is 12.0. The van der Waals surface area contributed by atoms with E-state index in [2.05, 4.69) is 6.92 Å². The Morgan fingerprint density at radius 1 is 0.800 bits per heavy atom. The van der Waals surface area contributed by atoms with Gasteiger partial charge in [-0.05, 0) is 32.2 Å².